The van der Waals surface area contributed by atoms with Gasteiger partial charge in [0, 0.05) is 38.3 Å². The molecule has 2 aliphatic heterocycles. The maximum Gasteiger partial charge on any atom is 0.267 e. The predicted molar refractivity (Wildman–Crippen MR) is 118 cm³/mol. The summed E-state index contributed by atoms with van der Waals surface area (Å²) in [5.74, 6) is -0.794. The molecule has 2 aromatic carbocycles. The number of pyridine rings is 1. The minimum absolute atomic E-state index is 0.167. The molecule has 1 aromatic heterocycles. The monoisotopic (exact) mass is 426 g/mol. The van der Waals surface area contributed by atoms with E-state index < -0.39 is 5.66 Å². The summed E-state index contributed by atoms with van der Waals surface area (Å²) in [6, 6.07) is 20.2. The average molecular weight is 426 g/mol. The number of hydrogen-bond acceptors (Lipinski definition) is 4. The van der Waals surface area contributed by atoms with Crippen LogP contribution in [-0.4, -0.2) is 33.3 Å². The van der Waals surface area contributed by atoms with Crippen LogP contribution >= 0.6 is 0 Å². The van der Waals surface area contributed by atoms with Crippen molar-refractivity contribution in [3.8, 4) is 0 Å². The summed E-state index contributed by atoms with van der Waals surface area (Å²) in [4.78, 5) is 47.6. The number of nitrogens with zero attached hydrogens (tertiary/aromatic N) is 3. The van der Waals surface area contributed by atoms with Gasteiger partial charge in [0.2, 0.25) is 11.6 Å². The predicted octanol–water partition coefficient (Wildman–Crippen LogP) is 2.88. The SMILES string of the molecule is O=C1c2ccccc2N2C(=O)CCC2(C(=O)NCc2cccnc2)N1Cc1ccccc1. The van der Waals surface area contributed by atoms with Crippen LogP contribution in [0.4, 0.5) is 5.69 Å². The Balaban J connectivity index is 1.59. The van der Waals surface area contributed by atoms with Gasteiger partial charge in [-0.25, -0.2) is 0 Å². The van der Waals surface area contributed by atoms with Gasteiger partial charge in [0.15, 0.2) is 0 Å². The highest BCUT2D eigenvalue weighted by Crippen LogP contribution is 2.45. The quantitative estimate of drug-likeness (QED) is 0.680. The Bertz CT molecular complexity index is 1180. The highest BCUT2D eigenvalue weighted by Gasteiger charge is 2.60. The first-order chi connectivity index (χ1) is 15.6. The van der Waals surface area contributed by atoms with Crippen molar-refractivity contribution in [3.05, 3.63) is 95.8 Å². The van der Waals surface area contributed by atoms with Crippen molar-refractivity contribution in [1.29, 1.82) is 0 Å². The van der Waals surface area contributed by atoms with Crippen molar-refractivity contribution in [3.63, 3.8) is 0 Å². The number of aromatic nitrogens is 1. The molecule has 0 bridgehead atoms. The molecule has 0 spiro atoms. The first-order valence-electron chi connectivity index (χ1n) is 10.6. The highest BCUT2D eigenvalue weighted by molar-refractivity contribution is 6.16. The number of amides is 3. The van der Waals surface area contributed by atoms with Crippen molar-refractivity contribution < 1.29 is 14.4 Å². The molecule has 1 atom stereocenters. The van der Waals surface area contributed by atoms with Crippen LogP contribution in [0.15, 0.2) is 79.1 Å². The number of hydrogen-bond donors (Lipinski definition) is 1. The first kappa shape index (κ1) is 19.9. The smallest absolute Gasteiger partial charge is 0.267 e. The standard InChI is InChI=1S/C25H22N4O3/c30-22-12-13-25(24(32)27-16-19-9-6-14-26-15-19)28(17-18-7-2-1-3-8-18)23(31)20-10-4-5-11-21(20)29(22)25/h1-11,14-15H,12-13,16-17H2,(H,27,32). The summed E-state index contributed by atoms with van der Waals surface area (Å²) in [6.45, 7) is 0.476. The molecule has 1 N–H and O–H groups in total. The highest BCUT2D eigenvalue weighted by atomic mass is 16.2. The molecule has 7 heteroatoms. The lowest BCUT2D eigenvalue weighted by Crippen LogP contribution is -2.70. The van der Waals surface area contributed by atoms with Gasteiger partial charge in [0.1, 0.15) is 0 Å². The molecule has 0 saturated carbocycles. The van der Waals surface area contributed by atoms with Gasteiger partial charge in [-0.05, 0) is 29.3 Å². The van der Waals surface area contributed by atoms with Crippen LogP contribution in [0.25, 0.3) is 0 Å². The topological polar surface area (TPSA) is 82.6 Å². The number of para-hydroxylation sites is 1. The summed E-state index contributed by atoms with van der Waals surface area (Å²) in [5, 5.41) is 2.95. The maximum absolute atomic E-state index is 13.8. The summed E-state index contributed by atoms with van der Waals surface area (Å²) < 4.78 is 0. The van der Waals surface area contributed by atoms with Crippen molar-refractivity contribution >= 4 is 23.4 Å². The van der Waals surface area contributed by atoms with E-state index in [-0.39, 0.29) is 43.7 Å². The van der Waals surface area contributed by atoms with Crippen LogP contribution in [-0.2, 0) is 22.7 Å². The zero-order valence-corrected chi connectivity index (χ0v) is 17.4. The molecule has 0 radical (unpaired) electrons. The summed E-state index contributed by atoms with van der Waals surface area (Å²) >= 11 is 0. The van der Waals surface area contributed by atoms with Crippen LogP contribution in [0, 0.1) is 0 Å². The summed E-state index contributed by atoms with van der Waals surface area (Å²) in [5.41, 5.74) is 1.22. The van der Waals surface area contributed by atoms with Gasteiger partial charge < -0.3 is 10.2 Å². The molecule has 1 unspecified atom stereocenters. The Morgan fingerprint density at radius 1 is 0.969 bits per heavy atom. The molecule has 7 nitrogen and oxygen atoms in total. The Morgan fingerprint density at radius 2 is 1.72 bits per heavy atom. The molecule has 32 heavy (non-hydrogen) atoms. The average Bonchev–Trinajstić information content (AvgIpc) is 3.20. The van der Waals surface area contributed by atoms with E-state index in [1.807, 2.05) is 36.4 Å². The molecule has 2 aliphatic rings. The third-order valence-corrected chi connectivity index (χ3v) is 6.10. The molecule has 0 aliphatic carbocycles. The van der Waals surface area contributed by atoms with E-state index in [1.165, 1.54) is 4.90 Å². The van der Waals surface area contributed by atoms with E-state index in [2.05, 4.69) is 10.3 Å². The number of nitrogens with one attached hydrogen (secondary N) is 1. The zero-order valence-electron chi connectivity index (χ0n) is 17.4. The largest absolute Gasteiger partial charge is 0.348 e. The second-order valence-corrected chi connectivity index (χ2v) is 7.98. The fourth-order valence-corrected chi connectivity index (χ4v) is 4.60. The fourth-order valence-electron chi connectivity index (χ4n) is 4.60. The van der Waals surface area contributed by atoms with E-state index in [0.717, 1.165) is 11.1 Å². The number of carbonyl (C=O) groups excluding carboxylic acids is 3. The lowest BCUT2D eigenvalue weighted by atomic mass is 9.94. The number of benzene rings is 2. The number of fused-ring (bicyclic) bond motifs is 3. The van der Waals surface area contributed by atoms with Crippen molar-refractivity contribution in [1.82, 2.24) is 15.2 Å². The van der Waals surface area contributed by atoms with Crippen LogP contribution in [0.2, 0.25) is 0 Å². The van der Waals surface area contributed by atoms with Gasteiger partial charge in [-0.2, -0.15) is 0 Å². The Labute approximate surface area is 185 Å². The Kier molecular flexibility index (Phi) is 4.93. The Hall–Kier alpha value is -4.00. The third kappa shape index (κ3) is 3.13. The zero-order chi connectivity index (χ0) is 22.1. The van der Waals surface area contributed by atoms with Gasteiger partial charge in [0.05, 0.1) is 11.3 Å². The van der Waals surface area contributed by atoms with Crippen LogP contribution < -0.4 is 10.2 Å². The van der Waals surface area contributed by atoms with Gasteiger partial charge >= 0.3 is 0 Å². The van der Waals surface area contributed by atoms with Crippen molar-refractivity contribution in [2.45, 2.75) is 31.6 Å². The normalized spacial score (nSPS) is 19.5. The van der Waals surface area contributed by atoms with Crippen LogP contribution in [0.1, 0.15) is 34.3 Å². The number of anilines is 1. The van der Waals surface area contributed by atoms with Crippen molar-refractivity contribution in [2.75, 3.05) is 4.90 Å². The van der Waals surface area contributed by atoms with E-state index in [1.54, 1.807) is 47.6 Å². The minimum Gasteiger partial charge on any atom is -0.348 e. The van der Waals surface area contributed by atoms with E-state index in [9.17, 15) is 14.4 Å². The molecule has 1 fully saturated rings. The fraction of sp³-hybridized carbons (Fsp3) is 0.200. The van der Waals surface area contributed by atoms with Gasteiger partial charge in [-0.15, -0.1) is 0 Å². The molecule has 3 amide bonds. The summed E-state index contributed by atoms with van der Waals surface area (Å²) in [7, 11) is 0. The van der Waals surface area contributed by atoms with Gasteiger partial charge in [0.25, 0.3) is 11.8 Å². The summed E-state index contributed by atoms with van der Waals surface area (Å²) in [6.07, 6.45) is 3.77. The lowest BCUT2D eigenvalue weighted by molar-refractivity contribution is -0.134. The molecule has 160 valence electrons. The van der Waals surface area contributed by atoms with E-state index >= 15 is 0 Å². The van der Waals surface area contributed by atoms with Crippen LogP contribution in [0.5, 0.6) is 0 Å². The molecular formula is C25H22N4O3. The molecule has 5 rings (SSSR count). The van der Waals surface area contributed by atoms with Gasteiger partial charge in [-0.3, -0.25) is 24.3 Å². The number of rotatable bonds is 5. The molecular weight excluding hydrogens is 404 g/mol. The van der Waals surface area contributed by atoms with E-state index in [4.69, 9.17) is 0 Å². The van der Waals surface area contributed by atoms with Gasteiger partial charge in [-0.1, -0.05) is 48.5 Å². The second-order valence-electron chi connectivity index (χ2n) is 7.98. The minimum atomic E-state index is -1.42. The third-order valence-electron chi connectivity index (χ3n) is 6.10. The van der Waals surface area contributed by atoms with Crippen molar-refractivity contribution in [2.24, 2.45) is 0 Å². The number of carbonyl (C=O) groups is 3. The Morgan fingerprint density at radius 3 is 2.50 bits per heavy atom. The molecule has 3 heterocycles. The maximum atomic E-state index is 13.8. The second kappa shape index (κ2) is 7.92. The lowest BCUT2D eigenvalue weighted by Gasteiger charge is -2.49. The molecule has 1 saturated heterocycles. The molecule has 3 aromatic rings. The first-order valence-corrected chi connectivity index (χ1v) is 10.6. The van der Waals surface area contributed by atoms with Crippen LogP contribution in [0.3, 0.4) is 0 Å². The van der Waals surface area contributed by atoms with E-state index in [0.29, 0.717) is 11.3 Å².